The maximum atomic E-state index is 11.3. The second-order valence-corrected chi connectivity index (χ2v) is 3.46. The van der Waals surface area contributed by atoms with Gasteiger partial charge in [0.2, 0.25) is 0 Å². The smallest absolute Gasteiger partial charge is 0.326 e. The highest BCUT2D eigenvalue weighted by molar-refractivity contribution is 5.85. The zero-order valence-corrected chi connectivity index (χ0v) is 7.95. The van der Waals surface area contributed by atoms with Gasteiger partial charge in [-0.25, -0.2) is 0 Å². The summed E-state index contributed by atoms with van der Waals surface area (Å²) in [6.07, 6.45) is 1.98. The number of hydrogen-bond acceptors (Lipinski definition) is 3. The monoisotopic (exact) mass is 191 g/mol. The molecule has 1 aliphatic carbocycles. The summed E-state index contributed by atoms with van der Waals surface area (Å²) in [4.78, 5) is 11.3. The summed E-state index contributed by atoms with van der Waals surface area (Å²) in [6, 6.07) is 0. The van der Waals surface area contributed by atoms with Gasteiger partial charge in [0.15, 0.2) is 0 Å². The molecule has 4 heteroatoms. The highest BCUT2D eigenvalue weighted by Crippen LogP contribution is 2.44. The molecule has 3 aliphatic rings. The summed E-state index contributed by atoms with van der Waals surface area (Å²) in [7, 11) is 0. The summed E-state index contributed by atoms with van der Waals surface area (Å²) in [5, 5.41) is 3.22. The molecule has 0 aromatic rings. The predicted molar refractivity (Wildman–Crippen MR) is 47.3 cm³/mol. The Morgan fingerprint density at radius 3 is 2.75 bits per heavy atom. The van der Waals surface area contributed by atoms with E-state index in [0.29, 0.717) is 6.61 Å². The van der Waals surface area contributed by atoms with E-state index >= 15 is 0 Å². The molecule has 3 rings (SSSR count). The van der Waals surface area contributed by atoms with Crippen LogP contribution in [0.2, 0.25) is 0 Å². The molecule has 0 amide bonds. The van der Waals surface area contributed by atoms with Crippen molar-refractivity contribution in [1.29, 1.82) is 0 Å². The van der Waals surface area contributed by atoms with Crippen molar-refractivity contribution in [2.75, 3.05) is 13.2 Å². The highest BCUT2D eigenvalue weighted by atomic mass is 35.5. The first-order chi connectivity index (χ1) is 5.27. The van der Waals surface area contributed by atoms with Crippen LogP contribution in [0.4, 0.5) is 0 Å². The lowest BCUT2D eigenvalue weighted by Gasteiger charge is -2.34. The van der Waals surface area contributed by atoms with Gasteiger partial charge in [-0.3, -0.25) is 4.79 Å². The first-order valence-electron chi connectivity index (χ1n) is 4.19. The highest BCUT2D eigenvalue weighted by Gasteiger charge is 2.56. The lowest BCUT2D eigenvalue weighted by Crippen LogP contribution is -2.51. The van der Waals surface area contributed by atoms with Crippen LogP contribution in [-0.4, -0.2) is 24.7 Å². The van der Waals surface area contributed by atoms with Crippen LogP contribution in [0, 0.1) is 5.92 Å². The molecule has 12 heavy (non-hydrogen) atoms. The quantitative estimate of drug-likeness (QED) is 0.654. The van der Waals surface area contributed by atoms with Crippen LogP contribution in [0.15, 0.2) is 0 Å². The molecule has 0 aromatic heterocycles. The number of fused-ring (bicyclic) bond motifs is 1. The average Bonchev–Trinajstić information content (AvgIpc) is 2.42. The fraction of sp³-hybridized carbons (Fsp3) is 0.875. The number of hydrogen-bond donors (Lipinski definition) is 1. The molecule has 70 valence electrons. The molecular formula is C8H14ClNO2. The van der Waals surface area contributed by atoms with Crippen molar-refractivity contribution in [3.63, 3.8) is 0 Å². The minimum absolute atomic E-state index is 0. The largest absolute Gasteiger partial charge is 0.465 e. The minimum Gasteiger partial charge on any atom is -0.465 e. The van der Waals surface area contributed by atoms with Gasteiger partial charge in [-0.05, 0) is 32.2 Å². The van der Waals surface area contributed by atoms with Gasteiger partial charge in [-0.15, -0.1) is 12.4 Å². The van der Waals surface area contributed by atoms with Crippen LogP contribution in [0.3, 0.4) is 0 Å². The van der Waals surface area contributed by atoms with E-state index in [1.54, 1.807) is 0 Å². The second kappa shape index (κ2) is 3.23. The van der Waals surface area contributed by atoms with Crippen molar-refractivity contribution >= 4 is 18.4 Å². The lowest BCUT2D eigenvalue weighted by molar-refractivity contribution is -0.153. The third kappa shape index (κ3) is 1.21. The number of ether oxygens (including phenoxy) is 1. The van der Waals surface area contributed by atoms with Crippen molar-refractivity contribution in [2.45, 2.75) is 25.3 Å². The Labute approximate surface area is 78.3 Å². The maximum absolute atomic E-state index is 11.3. The standard InChI is InChI=1S/C8H13NO2.ClH/c1-2-11-7(10)8-3-6(4-8)5-9-8;/h6,9H,2-5H2,1H3;1H. The Hall–Kier alpha value is -0.280. The van der Waals surface area contributed by atoms with E-state index in [4.69, 9.17) is 4.74 Å². The Morgan fingerprint density at radius 2 is 2.33 bits per heavy atom. The summed E-state index contributed by atoms with van der Waals surface area (Å²) >= 11 is 0. The van der Waals surface area contributed by atoms with Gasteiger partial charge in [-0.2, -0.15) is 0 Å². The maximum Gasteiger partial charge on any atom is 0.326 e. The topological polar surface area (TPSA) is 38.3 Å². The Balaban J connectivity index is 0.000000720. The van der Waals surface area contributed by atoms with Crippen LogP contribution >= 0.6 is 12.4 Å². The fourth-order valence-electron chi connectivity index (χ4n) is 2.06. The van der Waals surface area contributed by atoms with E-state index in [-0.39, 0.29) is 23.9 Å². The van der Waals surface area contributed by atoms with Gasteiger partial charge in [0.05, 0.1) is 6.61 Å². The van der Waals surface area contributed by atoms with Crippen LogP contribution < -0.4 is 5.32 Å². The number of esters is 1. The summed E-state index contributed by atoms with van der Waals surface area (Å²) in [5.74, 6) is 0.688. The van der Waals surface area contributed by atoms with E-state index in [1.807, 2.05) is 6.92 Å². The van der Waals surface area contributed by atoms with Crippen molar-refractivity contribution < 1.29 is 9.53 Å². The van der Waals surface area contributed by atoms with Crippen molar-refractivity contribution in [1.82, 2.24) is 5.32 Å². The number of halogens is 1. The molecule has 1 N–H and O–H groups in total. The molecule has 0 radical (unpaired) electrons. The van der Waals surface area contributed by atoms with E-state index in [9.17, 15) is 4.79 Å². The molecule has 0 aromatic carbocycles. The Morgan fingerprint density at radius 1 is 1.67 bits per heavy atom. The van der Waals surface area contributed by atoms with Gasteiger partial charge < -0.3 is 10.1 Å². The third-order valence-electron chi connectivity index (χ3n) is 2.67. The number of carbonyl (C=O) groups is 1. The van der Waals surface area contributed by atoms with Crippen LogP contribution in [0.25, 0.3) is 0 Å². The molecule has 3 fully saturated rings. The zero-order chi connectivity index (χ0) is 7.90. The number of carbonyl (C=O) groups excluding carboxylic acids is 1. The van der Waals surface area contributed by atoms with Crippen LogP contribution in [0.5, 0.6) is 0 Å². The van der Waals surface area contributed by atoms with Gasteiger partial charge in [0.1, 0.15) is 5.54 Å². The summed E-state index contributed by atoms with van der Waals surface area (Å²) < 4.78 is 4.97. The number of nitrogens with one attached hydrogen (secondary N) is 1. The van der Waals surface area contributed by atoms with Gasteiger partial charge in [-0.1, -0.05) is 0 Å². The summed E-state index contributed by atoms with van der Waals surface area (Å²) in [6.45, 7) is 3.34. The minimum atomic E-state index is -0.263. The van der Waals surface area contributed by atoms with E-state index in [1.165, 1.54) is 0 Å². The Kier molecular flexibility index (Phi) is 2.64. The normalized spacial score (nSPS) is 36.6. The molecule has 3 nitrogen and oxygen atoms in total. The zero-order valence-electron chi connectivity index (χ0n) is 7.13. The lowest BCUT2D eigenvalue weighted by atomic mass is 9.74. The van der Waals surface area contributed by atoms with Crippen molar-refractivity contribution in [3.8, 4) is 0 Å². The molecule has 2 aliphatic heterocycles. The molecule has 0 atom stereocenters. The van der Waals surface area contributed by atoms with Crippen molar-refractivity contribution in [2.24, 2.45) is 5.92 Å². The number of rotatable bonds is 2. The molecule has 2 bridgehead atoms. The average molecular weight is 192 g/mol. The summed E-state index contributed by atoms with van der Waals surface area (Å²) in [5.41, 5.74) is -0.263. The van der Waals surface area contributed by atoms with Crippen molar-refractivity contribution in [3.05, 3.63) is 0 Å². The van der Waals surface area contributed by atoms with Crippen LogP contribution in [-0.2, 0) is 9.53 Å². The SMILES string of the molecule is CCOC(=O)C12CC(CN1)C2.Cl. The van der Waals surface area contributed by atoms with E-state index in [2.05, 4.69) is 5.32 Å². The van der Waals surface area contributed by atoms with E-state index < -0.39 is 0 Å². The molecule has 2 saturated heterocycles. The van der Waals surface area contributed by atoms with Gasteiger partial charge in [0, 0.05) is 0 Å². The molecule has 2 heterocycles. The first kappa shape index (κ1) is 9.81. The van der Waals surface area contributed by atoms with Gasteiger partial charge in [0.25, 0.3) is 0 Å². The molecule has 0 spiro atoms. The molecule has 1 saturated carbocycles. The first-order valence-corrected chi connectivity index (χ1v) is 4.19. The van der Waals surface area contributed by atoms with Crippen LogP contribution in [0.1, 0.15) is 19.8 Å². The fourth-order valence-corrected chi connectivity index (χ4v) is 2.06. The van der Waals surface area contributed by atoms with E-state index in [0.717, 1.165) is 25.3 Å². The Bertz CT molecular complexity index is 184. The second-order valence-electron chi connectivity index (χ2n) is 3.46. The van der Waals surface area contributed by atoms with Gasteiger partial charge >= 0.3 is 5.97 Å². The third-order valence-corrected chi connectivity index (χ3v) is 2.67. The molecule has 0 unspecified atom stereocenters. The predicted octanol–water partition coefficient (Wildman–Crippen LogP) is 0.723. The molecular weight excluding hydrogens is 178 g/mol.